The molecule has 3 aliphatic carbocycles. The minimum absolute atomic E-state index is 0.0337. The number of aromatic nitrogens is 3. The zero-order valence-electron chi connectivity index (χ0n) is 20.8. The van der Waals surface area contributed by atoms with Crippen LogP contribution in [0.25, 0.3) is 0 Å². The number of carbonyl (C=O) groups excluding carboxylic acids is 1. The van der Waals surface area contributed by atoms with Crippen LogP contribution >= 0.6 is 0 Å². The zero-order chi connectivity index (χ0) is 26.5. The molecule has 5 fully saturated rings. The monoisotopic (exact) mass is 528 g/mol. The van der Waals surface area contributed by atoms with Crippen LogP contribution in [0.2, 0.25) is 0 Å². The minimum Gasteiger partial charge on any atom is -0.323 e. The van der Waals surface area contributed by atoms with Crippen molar-refractivity contribution in [3.63, 3.8) is 0 Å². The van der Waals surface area contributed by atoms with Crippen LogP contribution in [0.1, 0.15) is 72.8 Å². The van der Waals surface area contributed by atoms with Crippen LogP contribution in [0.4, 0.5) is 22.4 Å². The van der Waals surface area contributed by atoms with Gasteiger partial charge in [0.15, 0.2) is 11.5 Å². The Hall–Kier alpha value is -3.16. The zero-order valence-corrected chi connectivity index (χ0v) is 20.8. The summed E-state index contributed by atoms with van der Waals surface area (Å²) in [5.41, 5.74) is -1.30. The van der Waals surface area contributed by atoms with E-state index in [-0.39, 0.29) is 40.1 Å². The molecular formula is C27H28F4N6O. The van der Waals surface area contributed by atoms with Crippen molar-refractivity contribution in [3.05, 3.63) is 46.5 Å². The largest absolute Gasteiger partial charge is 0.416 e. The van der Waals surface area contributed by atoms with Crippen LogP contribution in [-0.4, -0.2) is 57.2 Å². The lowest BCUT2D eigenvalue weighted by atomic mass is 9.56. The third-order valence-corrected chi connectivity index (χ3v) is 9.40. The number of H-pyrrole nitrogens is 1. The van der Waals surface area contributed by atoms with Crippen molar-refractivity contribution in [1.29, 1.82) is 5.26 Å². The van der Waals surface area contributed by atoms with Crippen molar-refractivity contribution < 1.29 is 22.4 Å². The Balaban J connectivity index is 0.865. The molecule has 7 nitrogen and oxygen atoms in total. The average molecular weight is 529 g/mol. The van der Waals surface area contributed by atoms with Gasteiger partial charge in [-0.25, -0.2) is 14.2 Å². The third kappa shape index (κ3) is 3.86. The molecule has 0 atom stereocenters. The van der Waals surface area contributed by atoms with Gasteiger partial charge < -0.3 is 9.80 Å². The van der Waals surface area contributed by atoms with Gasteiger partial charge in [-0.1, -0.05) is 0 Å². The Morgan fingerprint density at radius 1 is 1.05 bits per heavy atom. The highest BCUT2D eigenvalue weighted by molar-refractivity contribution is 5.77. The summed E-state index contributed by atoms with van der Waals surface area (Å²) in [6.45, 7) is 2.87. The van der Waals surface area contributed by atoms with Gasteiger partial charge >= 0.3 is 12.2 Å². The summed E-state index contributed by atoms with van der Waals surface area (Å²) in [6.07, 6.45) is 0.671. The number of amides is 2. The maximum absolute atomic E-state index is 14.2. The maximum atomic E-state index is 14.2. The number of halogens is 4. The lowest BCUT2D eigenvalue weighted by Crippen LogP contribution is -2.70. The highest BCUT2D eigenvalue weighted by atomic mass is 19.4. The fraction of sp³-hybridized carbons (Fsp3) is 0.630. The van der Waals surface area contributed by atoms with Gasteiger partial charge in [-0.2, -0.15) is 23.5 Å². The molecule has 0 bridgehead atoms. The van der Waals surface area contributed by atoms with Crippen LogP contribution in [0.3, 0.4) is 0 Å². The Morgan fingerprint density at radius 2 is 1.68 bits per heavy atom. The molecule has 7 rings (SSSR count). The molecule has 2 saturated heterocycles. The van der Waals surface area contributed by atoms with Crippen molar-refractivity contribution in [2.45, 2.75) is 62.7 Å². The molecule has 200 valence electrons. The molecule has 3 saturated carbocycles. The van der Waals surface area contributed by atoms with Gasteiger partial charge in [-0.3, -0.25) is 5.10 Å². The number of nitrogens with one attached hydrogen (secondary N) is 1. The molecule has 1 aromatic heterocycles. The summed E-state index contributed by atoms with van der Waals surface area (Å²) in [5.74, 6) is 1.56. The molecule has 11 heteroatoms. The van der Waals surface area contributed by atoms with Gasteiger partial charge in [0.2, 0.25) is 0 Å². The van der Waals surface area contributed by atoms with Crippen molar-refractivity contribution in [2.24, 2.45) is 16.7 Å². The van der Waals surface area contributed by atoms with E-state index in [0.717, 1.165) is 56.7 Å². The first-order valence-corrected chi connectivity index (χ1v) is 13.2. The number of alkyl halides is 4. The summed E-state index contributed by atoms with van der Waals surface area (Å²) in [6, 6.07) is 5.49. The molecule has 1 N–H and O–H groups in total. The second kappa shape index (κ2) is 7.70. The summed E-state index contributed by atoms with van der Waals surface area (Å²) in [5, 5.41) is 16.1. The first kappa shape index (κ1) is 23.9. The standard InChI is InChI=1S/C27H28F4N6O/c28-26(1-2-26)22-33-21(34-35-22)19-9-25(10-19)14-37(15-25)23(38)36-12-24(13-36)7-18(8-24)4-16-3-17(11-32)6-20(5-16)27(29,30)31/h3,5-6,18-19H,1-2,4,7-10,12-15H2,(H,33,34,35). The number of nitrogens with zero attached hydrogens (tertiary/aromatic N) is 5. The highest BCUT2D eigenvalue weighted by Crippen LogP contribution is 2.57. The molecule has 2 spiro atoms. The summed E-state index contributed by atoms with van der Waals surface area (Å²) in [7, 11) is 0. The Kier molecular flexibility index (Phi) is 4.85. The van der Waals surface area contributed by atoms with E-state index in [4.69, 9.17) is 5.26 Å². The Labute approximate surface area is 217 Å². The first-order chi connectivity index (χ1) is 18.0. The summed E-state index contributed by atoms with van der Waals surface area (Å²) < 4.78 is 53.7. The normalized spacial score (nSPS) is 24.8. The molecular weight excluding hydrogens is 500 g/mol. The summed E-state index contributed by atoms with van der Waals surface area (Å²) >= 11 is 0. The topological polar surface area (TPSA) is 88.9 Å². The molecule has 2 aliphatic heterocycles. The van der Waals surface area contributed by atoms with Gasteiger partial charge in [-0.05, 0) is 74.6 Å². The molecule has 2 aromatic rings. The van der Waals surface area contributed by atoms with Crippen molar-refractivity contribution in [2.75, 3.05) is 26.2 Å². The molecule has 0 unspecified atom stereocenters. The van der Waals surface area contributed by atoms with E-state index in [1.165, 1.54) is 0 Å². The van der Waals surface area contributed by atoms with Crippen LogP contribution in [0, 0.1) is 28.1 Å². The molecule has 0 radical (unpaired) electrons. The highest BCUT2D eigenvalue weighted by Gasteiger charge is 2.59. The van der Waals surface area contributed by atoms with E-state index >= 15 is 0 Å². The molecule has 5 aliphatic rings. The number of benzene rings is 1. The second-order valence-electron chi connectivity index (χ2n) is 12.6. The van der Waals surface area contributed by atoms with Gasteiger partial charge in [0.1, 0.15) is 5.82 Å². The lowest BCUT2D eigenvalue weighted by molar-refractivity contribution is -0.137. The lowest BCUT2D eigenvalue weighted by Gasteiger charge is -2.63. The van der Waals surface area contributed by atoms with Crippen LogP contribution in [0.15, 0.2) is 18.2 Å². The predicted molar refractivity (Wildman–Crippen MR) is 126 cm³/mol. The van der Waals surface area contributed by atoms with E-state index in [2.05, 4.69) is 15.2 Å². The van der Waals surface area contributed by atoms with Crippen LogP contribution in [0.5, 0.6) is 0 Å². The number of carbonyl (C=O) groups is 1. The number of urea groups is 1. The number of hydrogen-bond acceptors (Lipinski definition) is 4. The van der Waals surface area contributed by atoms with Gasteiger partial charge in [-0.15, -0.1) is 0 Å². The molecule has 2 amide bonds. The number of rotatable bonds is 4. The minimum atomic E-state index is -4.47. The number of hydrogen-bond donors (Lipinski definition) is 1. The maximum Gasteiger partial charge on any atom is 0.416 e. The smallest absolute Gasteiger partial charge is 0.323 e. The van der Waals surface area contributed by atoms with E-state index in [0.29, 0.717) is 37.9 Å². The van der Waals surface area contributed by atoms with Crippen LogP contribution < -0.4 is 0 Å². The van der Waals surface area contributed by atoms with E-state index in [9.17, 15) is 22.4 Å². The third-order valence-electron chi connectivity index (χ3n) is 9.40. The van der Waals surface area contributed by atoms with Gasteiger partial charge in [0.25, 0.3) is 0 Å². The first-order valence-electron chi connectivity index (χ1n) is 13.2. The Morgan fingerprint density at radius 3 is 2.26 bits per heavy atom. The molecule has 38 heavy (non-hydrogen) atoms. The van der Waals surface area contributed by atoms with E-state index in [1.54, 1.807) is 6.07 Å². The number of nitriles is 1. The second-order valence-corrected chi connectivity index (χ2v) is 12.6. The van der Waals surface area contributed by atoms with Crippen molar-refractivity contribution in [3.8, 4) is 6.07 Å². The SMILES string of the molecule is N#Cc1cc(CC2CC3(C2)CN(C(=O)N2CC4(CC(c5nc(C6(F)CC6)n[nH]5)C4)C2)C3)cc(C(F)(F)F)c1. The van der Waals surface area contributed by atoms with Crippen molar-refractivity contribution in [1.82, 2.24) is 25.0 Å². The quantitative estimate of drug-likeness (QED) is 0.572. The summed E-state index contributed by atoms with van der Waals surface area (Å²) in [4.78, 5) is 21.1. The number of aromatic amines is 1. The van der Waals surface area contributed by atoms with Crippen LogP contribution in [-0.2, 0) is 18.3 Å². The van der Waals surface area contributed by atoms with Gasteiger partial charge in [0, 0.05) is 42.9 Å². The van der Waals surface area contributed by atoms with Gasteiger partial charge in [0.05, 0.1) is 17.2 Å². The fourth-order valence-corrected chi connectivity index (χ4v) is 7.36. The Bertz CT molecular complexity index is 1330. The predicted octanol–water partition coefficient (Wildman–Crippen LogP) is 4.91. The molecule has 1 aromatic carbocycles. The number of likely N-dealkylation sites (tertiary alicyclic amines) is 2. The average Bonchev–Trinajstić information content (AvgIpc) is 3.32. The fourth-order valence-electron chi connectivity index (χ4n) is 7.36. The van der Waals surface area contributed by atoms with E-state index < -0.39 is 17.4 Å². The molecule has 3 heterocycles. The van der Waals surface area contributed by atoms with Crippen molar-refractivity contribution >= 4 is 6.03 Å². The van der Waals surface area contributed by atoms with E-state index in [1.807, 2.05) is 15.9 Å².